The van der Waals surface area contributed by atoms with E-state index in [2.05, 4.69) is 0 Å². The fourth-order valence-electron chi connectivity index (χ4n) is 1.79. The van der Waals surface area contributed by atoms with Crippen LogP contribution in [0.5, 0.6) is 5.75 Å². The molecule has 7 heteroatoms. The number of methoxy groups -OCH3 is 2. The van der Waals surface area contributed by atoms with Gasteiger partial charge in [0.2, 0.25) is 10.0 Å². The lowest BCUT2D eigenvalue weighted by molar-refractivity contribution is 0.0554. The summed E-state index contributed by atoms with van der Waals surface area (Å²) in [6.45, 7) is 1.83. The Morgan fingerprint density at radius 2 is 2.00 bits per heavy atom. The smallest absolute Gasteiger partial charge is 0.246 e. The van der Waals surface area contributed by atoms with E-state index in [-0.39, 0.29) is 23.8 Å². The van der Waals surface area contributed by atoms with Crippen LogP contribution >= 0.6 is 0 Å². The Morgan fingerprint density at radius 1 is 1.35 bits per heavy atom. The van der Waals surface area contributed by atoms with Crippen molar-refractivity contribution in [1.29, 1.82) is 0 Å². The van der Waals surface area contributed by atoms with E-state index in [1.165, 1.54) is 21.3 Å². The molecule has 1 unspecified atom stereocenters. The molecule has 0 aliphatic rings. The van der Waals surface area contributed by atoms with Crippen LogP contribution < -0.4 is 4.74 Å². The van der Waals surface area contributed by atoms with E-state index in [4.69, 9.17) is 9.47 Å². The van der Waals surface area contributed by atoms with Crippen molar-refractivity contribution in [1.82, 2.24) is 4.31 Å². The third kappa shape index (κ3) is 3.92. The van der Waals surface area contributed by atoms with Gasteiger partial charge in [-0.2, -0.15) is 4.31 Å². The average molecular weight is 303 g/mol. The van der Waals surface area contributed by atoms with E-state index in [9.17, 15) is 13.5 Å². The van der Waals surface area contributed by atoms with Crippen molar-refractivity contribution in [3.8, 4) is 5.75 Å². The van der Waals surface area contributed by atoms with E-state index in [1.54, 1.807) is 25.1 Å². The Balaban J connectivity index is 3.07. The largest absolute Gasteiger partial charge is 0.495 e. The molecule has 0 aliphatic carbocycles. The first kappa shape index (κ1) is 16.9. The number of aryl methyl sites for hydroxylation is 1. The van der Waals surface area contributed by atoms with Crippen LogP contribution in [0.4, 0.5) is 0 Å². The highest BCUT2D eigenvalue weighted by Crippen LogP contribution is 2.27. The van der Waals surface area contributed by atoms with Crippen molar-refractivity contribution in [2.75, 3.05) is 34.4 Å². The summed E-state index contributed by atoms with van der Waals surface area (Å²) in [5.41, 5.74) is 0.815. The van der Waals surface area contributed by atoms with E-state index in [0.717, 1.165) is 9.87 Å². The minimum Gasteiger partial charge on any atom is -0.495 e. The molecule has 0 amide bonds. The number of sulfonamides is 1. The first-order valence-corrected chi connectivity index (χ1v) is 7.55. The van der Waals surface area contributed by atoms with Gasteiger partial charge in [0.1, 0.15) is 10.6 Å². The summed E-state index contributed by atoms with van der Waals surface area (Å²) < 4.78 is 36.0. The Kier molecular flexibility index (Phi) is 5.94. The van der Waals surface area contributed by atoms with E-state index < -0.39 is 16.1 Å². The second-order valence-corrected chi connectivity index (χ2v) is 6.56. The zero-order valence-electron chi connectivity index (χ0n) is 12.2. The molecule has 0 bridgehead atoms. The van der Waals surface area contributed by atoms with Crippen LogP contribution in [0.15, 0.2) is 23.1 Å². The molecule has 0 saturated heterocycles. The third-order valence-corrected chi connectivity index (χ3v) is 4.68. The first-order valence-electron chi connectivity index (χ1n) is 6.11. The highest BCUT2D eigenvalue weighted by Gasteiger charge is 2.26. The topological polar surface area (TPSA) is 76.1 Å². The van der Waals surface area contributed by atoms with Crippen molar-refractivity contribution < 1.29 is 23.0 Å². The molecule has 0 heterocycles. The maximum Gasteiger partial charge on any atom is 0.246 e. The number of benzene rings is 1. The Morgan fingerprint density at radius 3 is 2.55 bits per heavy atom. The maximum atomic E-state index is 12.5. The molecule has 1 rings (SSSR count). The normalized spacial score (nSPS) is 13.5. The van der Waals surface area contributed by atoms with Crippen LogP contribution in [0.3, 0.4) is 0 Å². The zero-order valence-corrected chi connectivity index (χ0v) is 13.0. The Hall–Kier alpha value is -1.15. The Bertz CT molecular complexity index is 544. The van der Waals surface area contributed by atoms with Crippen molar-refractivity contribution in [3.05, 3.63) is 23.8 Å². The van der Waals surface area contributed by atoms with Gasteiger partial charge in [0.05, 0.1) is 19.8 Å². The van der Waals surface area contributed by atoms with Crippen molar-refractivity contribution in [2.45, 2.75) is 17.9 Å². The summed E-state index contributed by atoms with van der Waals surface area (Å²) in [6.07, 6.45) is -0.879. The molecular formula is C13H21NO5S. The molecule has 20 heavy (non-hydrogen) atoms. The van der Waals surface area contributed by atoms with Gasteiger partial charge in [-0.05, 0) is 24.6 Å². The molecule has 6 nitrogen and oxygen atoms in total. The number of aliphatic hydroxyl groups excluding tert-OH is 1. The number of hydrogen-bond acceptors (Lipinski definition) is 5. The first-order chi connectivity index (χ1) is 9.32. The van der Waals surface area contributed by atoms with Crippen molar-refractivity contribution >= 4 is 10.0 Å². The number of nitrogens with zero attached hydrogens (tertiary/aromatic N) is 1. The van der Waals surface area contributed by atoms with Crippen LogP contribution in [-0.2, 0) is 14.8 Å². The zero-order chi connectivity index (χ0) is 15.3. The highest BCUT2D eigenvalue weighted by atomic mass is 32.2. The van der Waals surface area contributed by atoms with Gasteiger partial charge >= 0.3 is 0 Å². The number of likely N-dealkylation sites (N-methyl/N-ethyl adjacent to an activating group) is 1. The van der Waals surface area contributed by atoms with E-state index >= 15 is 0 Å². The third-order valence-electron chi connectivity index (χ3n) is 2.83. The lowest BCUT2D eigenvalue weighted by Gasteiger charge is -2.21. The fourth-order valence-corrected chi connectivity index (χ4v) is 3.24. The molecule has 1 aromatic rings. The van der Waals surface area contributed by atoms with Gasteiger partial charge in [0, 0.05) is 20.7 Å². The minimum absolute atomic E-state index is 0.0483. The number of hydrogen-bond donors (Lipinski definition) is 1. The Labute approximate surface area is 120 Å². The van der Waals surface area contributed by atoms with Crippen LogP contribution in [-0.4, -0.2) is 58.4 Å². The molecule has 0 aromatic heterocycles. The number of aliphatic hydroxyl groups is 1. The van der Waals surface area contributed by atoms with Crippen LogP contribution in [0.1, 0.15) is 5.56 Å². The fraction of sp³-hybridized carbons (Fsp3) is 0.538. The lowest BCUT2D eigenvalue weighted by atomic mass is 10.2. The SMILES string of the molecule is COCC(O)CN(C)S(=O)(=O)c1cc(C)ccc1OC. The molecule has 1 atom stereocenters. The predicted molar refractivity (Wildman–Crippen MR) is 75.4 cm³/mol. The van der Waals surface area contributed by atoms with Crippen molar-refractivity contribution in [3.63, 3.8) is 0 Å². The van der Waals surface area contributed by atoms with Crippen LogP contribution in [0, 0.1) is 6.92 Å². The maximum absolute atomic E-state index is 12.5. The molecule has 0 saturated carbocycles. The van der Waals surface area contributed by atoms with Crippen LogP contribution in [0.25, 0.3) is 0 Å². The second-order valence-electron chi connectivity index (χ2n) is 4.55. The molecule has 114 valence electrons. The molecule has 0 radical (unpaired) electrons. The summed E-state index contributed by atoms with van der Waals surface area (Å²) in [6, 6.07) is 4.94. The lowest BCUT2D eigenvalue weighted by Crippen LogP contribution is -2.36. The standard InChI is InChI=1S/C13H21NO5S/c1-10-5-6-12(19-4)13(7-10)20(16,17)14(2)8-11(15)9-18-3/h5-7,11,15H,8-9H2,1-4H3. The summed E-state index contributed by atoms with van der Waals surface area (Å²) in [7, 11) is 0.554. The minimum atomic E-state index is -3.72. The quantitative estimate of drug-likeness (QED) is 0.799. The summed E-state index contributed by atoms with van der Waals surface area (Å²) in [5, 5.41) is 9.65. The predicted octanol–water partition coefficient (Wildman–Crippen LogP) is 0.631. The second kappa shape index (κ2) is 7.03. The highest BCUT2D eigenvalue weighted by molar-refractivity contribution is 7.89. The van der Waals surface area contributed by atoms with Gasteiger partial charge in [-0.15, -0.1) is 0 Å². The number of ether oxygens (including phenoxy) is 2. The molecule has 1 aromatic carbocycles. The summed E-state index contributed by atoms with van der Waals surface area (Å²) in [5.74, 6) is 0.281. The van der Waals surface area contributed by atoms with Gasteiger partial charge in [-0.3, -0.25) is 0 Å². The van der Waals surface area contributed by atoms with Crippen molar-refractivity contribution in [2.24, 2.45) is 0 Å². The summed E-state index contributed by atoms with van der Waals surface area (Å²) >= 11 is 0. The van der Waals surface area contributed by atoms with E-state index in [1.807, 2.05) is 0 Å². The van der Waals surface area contributed by atoms with Gasteiger partial charge in [-0.1, -0.05) is 6.07 Å². The molecule has 0 aliphatic heterocycles. The average Bonchev–Trinajstić information content (AvgIpc) is 2.38. The van der Waals surface area contributed by atoms with Gasteiger partial charge in [0.15, 0.2) is 0 Å². The van der Waals surface area contributed by atoms with E-state index in [0.29, 0.717) is 0 Å². The number of rotatable bonds is 7. The summed E-state index contributed by atoms with van der Waals surface area (Å²) in [4.78, 5) is 0.0899. The van der Waals surface area contributed by atoms with Gasteiger partial charge in [-0.25, -0.2) is 8.42 Å². The molecule has 0 fully saturated rings. The monoisotopic (exact) mass is 303 g/mol. The molecule has 0 spiro atoms. The van der Waals surface area contributed by atoms with Crippen LogP contribution in [0.2, 0.25) is 0 Å². The van der Waals surface area contributed by atoms with Gasteiger partial charge < -0.3 is 14.6 Å². The molecule has 1 N–H and O–H groups in total. The van der Waals surface area contributed by atoms with Gasteiger partial charge in [0.25, 0.3) is 0 Å². The molecular weight excluding hydrogens is 282 g/mol.